The number of likely N-dealkylation sites (N-methyl/N-ethyl adjacent to an activating group) is 1. The van der Waals surface area contributed by atoms with Crippen molar-refractivity contribution in [1.82, 2.24) is 4.90 Å². The SMILES string of the molecule is Cc1cc(C)cc(NC(=O)CN(C)Cc2ccc(C)cc2C)c1. The summed E-state index contributed by atoms with van der Waals surface area (Å²) in [7, 11) is 1.97. The molecule has 3 nitrogen and oxygen atoms in total. The van der Waals surface area contributed by atoms with Crippen LogP contribution in [0.1, 0.15) is 27.8 Å². The first kappa shape index (κ1) is 17.2. The van der Waals surface area contributed by atoms with Crippen molar-refractivity contribution in [2.75, 3.05) is 18.9 Å². The van der Waals surface area contributed by atoms with Gasteiger partial charge >= 0.3 is 0 Å². The molecule has 2 aromatic rings. The minimum Gasteiger partial charge on any atom is -0.325 e. The predicted octanol–water partition coefficient (Wildman–Crippen LogP) is 3.99. The molecule has 0 heterocycles. The zero-order chi connectivity index (χ0) is 17.0. The standard InChI is InChI=1S/C20H26N2O/c1-14-6-7-18(17(4)9-14)12-22(5)13-20(23)21-19-10-15(2)8-16(3)11-19/h6-11H,12-13H2,1-5H3,(H,21,23). The molecule has 2 rings (SSSR count). The lowest BCUT2D eigenvalue weighted by atomic mass is 10.1. The lowest BCUT2D eigenvalue weighted by Gasteiger charge is -2.18. The number of aryl methyl sites for hydroxylation is 4. The summed E-state index contributed by atoms with van der Waals surface area (Å²) in [6.45, 7) is 9.43. The van der Waals surface area contributed by atoms with Crippen LogP contribution in [0, 0.1) is 27.7 Å². The third-order valence-corrected chi connectivity index (χ3v) is 3.86. The summed E-state index contributed by atoms with van der Waals surface area (Å²) in [5, 5.41) is 2.98. The summed E-state index contributed by atoms with van der Waals surface area (Å²) in [4.78, 5) is 14.3. The maximum atomic E-state index is 12.2. The number of nitrogens with one attached hydrogen (secondary N) is 1. The molecule has 0 saturated heterocycles. The van der Waals surface area contributed by atoms with Gasteiger partial charge in [-0.05, 0) is 69.1 Å². The average molecular weight is 310 g/mol. The Kier molecular flexibility index (Phi) is 5.56. The highest BCUT2D eigenvalue weighted by Crippen LogP contribution is 2.15. The maximum Gasteiger partial charge on any atom is 0.238 e. The molecule has 0 atom stereocenters. The smallest absolute Gasteiger partial charge is 0.238 e. The van der Waals surface area contributed by atoms with Crippen LogP contribution < -0.4 is 5.32 Å². The van der Waals surface area contributed by atoms with Gasteiger partial charge in [-0.25, -0.2) is 0 Å². The molecule has 0 aromatic heterocycles. The molecule has 0 radical (unpaired) electrons. The number of carbonyl (C=O) groups excluding carboxylic acids is 1. The van der Waals surface area contributed by atoms with Gasteiger partial charge in [-0.1, -0.05) is 29.8 Å². The highest BCUT2D eigenvalue weighted by molar-refractivity contribution is 5.92. The summed E-state index contributed by atoms with van der Waals surface area (Å²) >= 11 is 0. The quantitative estimate of drug-likeness (QED) is 0.905. The van der Waals surface area contributed by atoms with Crippen LogP contribution in [0.2, 0.25) is 0 Å². The Labute approximate surface area is 139 Å². The fourth-order valence-electron chi connectivity index (χ4n) is 2.86. The second-order valence-electron chi connectivity index (χ2n) is 6.53. The maximum absolute atomic E-state index is 12.2. The van der Waals surface area contributed by atoms with Crippen LogP contribution in [-0.4, -0.2) is 24.4 Å². The third kappa shape index (κ3) is 5.22. The average Bonchev–Trinajstić information content (AvgIpc) is 2.40. The van der Waals surface area contributed by atoms with Crippen LogP contribution in [0.15, 0.2) is 36.4 Å². The number of nitrogens with zero attached hydrogens (tertiary/aromatic N) is 1. The van der Waals surface area contributed by atoms with E-state index in [4.69, 9.17) is 0 Å². The van der Waals surface area contributed by atoms with Crippen LogP contribution in [0.4, 0.5) is 5.69 Å². The summed E-state index contributed by atoms with van der Waals surface area (Å²) < 4.78 is 0. The molecule has 0 spiro atoms. The van der Waals surface area contributed by atoms with E-state index in [1.54, 1.807) is 0 Å². The molecule has 0 aliphatic rings. The molecule has 23 heavy (non-hydrogen) atoms. The van der Waals surface area contributed by atoms with Gasteiger partial charge in [-0.15, -0.1) is 0 Å². The second-order valence-corrected chi connectivity index (χ2v) is 6.53. The third-order valence-electron chi connectivity index (χ3n) is 3.86. The second kappa shape index (κ2) is 7.42. The van der Waals surface area contributed by atoms with E-state index in [2.05, 4.69) is 43.4 Å². The van der Waals surface area contributed by atoms with E-state index in [-0.39, 0.29) is 5.91 Å². The van der Waals surface area contributed by atoms with E-state index in [9.17, 15) is 4.79 Å². The molecule has 0 fully saturated rings. The van der Waals surface area contributed by atoms with Gasteiger partial charge in [0, 0.05) is 12.2 Å². The number of hydrogen-bond acceptors (Lipinski definition) is 2. The molecule has 1 N–H and O–H groups in total. The van der Waals surface area contributed by atoms with E-state index in [0.29, 0.717) is 6.54 Å². The Morgan fingerprint density at radius 2 is 1.61 bits per heavy atom. The van der Waals surface area contributed by atoms with E-state index >= 15 is 0 Å². The van der Waals surface area contributed by atoms with Gasteiger partial charge in [0.1, 0.15) is 0 Å². The number of hydrogen-bond donors (Lipinski definition) is 1. The number of carbonyl (C=O) groups is 1. The van der Waals surface area contributed by atoms with Crippen molar-refractivity contribution in [1.29, 1.82) is 0 Å². The monoisotopic (exact) mass is 310 g/mol. The van der Waals surface area contributed by atoms with Crippen LogP contribution in [-0.2, 0) is 11.3 Å². The molecular formula is C20H26N2O. The van der Waals surface area contributed by atoms with Crippen LogP contribution in [0.5, 0.6) is 0 Å². The zero-order valence-corrected chi connectivity index (χ0v) is 14.7. The minimum absolute atomic E-state index is 0.0160. The van der Waals surface area contributed by atoms with E-state index < -0.39 is 0 Å². The fourth-order valence-corrected chi connectivity index (χ4v) is 2.86. The largest absolute Gasteiger partial charge is 0.325 e. The molecule has 1 amide bonds. The molecule has 0 unspecified atom stereocenters. The molecular weight excluding hydrogens is 284 g/mol. The first-order valence-electron chi connectivity index (χ1n) is 7.96. The van der Waals surface area contributed by atoms with Crippen molar-refractivity contribution in [3.05, 3.63) is 64.2 Å². The first-order valence-corrected chi connectivity index (χ1v) is 7.96. The first-order chi connectivity index (χ1) is 10.8. The molecule has 3 heteroatoms. The van der Waals surface area contributed by atoms with Crippen molar-refractivity contribution in [2.45, 2.75) is 34.2 Å². The van der Waals surface area contributed by atoms with Crippen molar-refractivity contribution in [3.8, 4) is 0 Å². The number of rotatable bonds is 5. The summed E-state index contributed by atoms with van der Waals surface area (Å²) in [5.41, 5.74) is 6.98. The van der Waals surface area contributed by atoms with Gasteiger partial charge in [0.25, 0.3) is 0 Å². The van der Waals surface area contributed by atoms with Gasteiger partial charge in [0.2, 0.25) is 5.91 Å². The van der Waals surface area contributed by atoms with E-state index in [1.165, 1.54) is 16.7 Å². The highest BCUT2D eigenvalue weighted by Gasteiger charge is 2.09. The number of amides is 1. The fraction of sp³-hybridized carbons (Fsp3) is 0.350. The Balaban J connectivity index is 1.94. The van der Waals surface area contributed by atoms with Gasteiger partial charge in [-0.3, -0.25) is 9.69 Å². The van der Waals surface area contributed by atoms with Crippen LogP contribution in [0.25, 0.3) is 0 Å². The van der Waals surface area contributed by atoms with Gasteiger partial charge < -0.3 is 5.32 Å². The summed E-state index contributed by atoms with van der Waals surface area (Å²) in [6, 6.07) is 12.5. The van der Waals surface area contributed by atoms with Crippen molar-refractivity contribution in [2.24, 2.45) is 0 Å². The molecule has 0 aliphatic carbocycles. The molecule has 0 saturated carbocycles. The minimum atomic E-state index is 0.0160. The predicted molar refractivity (Wildman–Crippen MR) is 96.8 cm³/mol. The Morgan fingerprint density at radius 1 is 0.957 bits per heavy atom. The normalized spacial score (nSPS) is 10.9. The lowest BCUT2D eigenvalue weighted by Crippen LogP contribution is -2.30. The molecule has 2 aromatic carbocycles. The van der Waals surface area contributed by atoms with Crippen LogP contribution >= 0.6 is 0 Å². The number of anilines is 1. The Hall–Kier alpha value is -2.13. The summed E-state index contributed by atoms with van der Waals surface area (Å²) in [6.07, 6.45) is 0. The molecule has 0 aliphatic heterocycles. The van der Waals surface area contributed by atoms with Crippen molar-refractivity contribution >= 4 is 11.6 Å². The van der Waals surface area contributed by atoms with E-state index in [1.807, 2.05) is 37.9 Å². The zero-order valence-electron chi connectivity index (χ0n) is 14.7. The highest BCUT2D eigenvalue weighted by atomic mass is 16.2. The van der Waals surface area contributed by atoms with Gasteiger partial charge in [-0.2, -0.15) is 0 Å². The Bertz CT molecular complexity index is 687. The van der Waals surface area contributed by atoms with Crippen LogP contribution in [0.3, 0.4) is 0 Å². The van der Waals surface area contributed by atoms with Gasteiger partial charge in [0.15, 0.2) is 0 Å². The topological polar surface area (TPSA) is 32.3 Å². The summed E-state index contributed by atoms with van der Waals surface area (Å²) in [5.74, 6) is 0.0160. The lowest BCUT2D eigenvalue weighted by molar-refractivity contribution is -0.117. The van der Waals surface area contributed by atoms with E-state index in [0.717, 1.165) is 23.4 Å². The van der Waals surface area contributed by atoms with Crippen molar-refractivity contribution in [3.63, 3.8) is 0 Å². The Morgan fingerprint density at radius 3 is 2.22 bits per heavy atom. The molecule has 122 valence electrons. The van der Waals surface area contributed by atoms with Crippen molar-refractivity contribution < 1.29 is 4.79 Å². The number of benzene rings is 2. The molecule has 0 bridgehead atoms. The van der Waals surface area contributed by atoms with Gasteiger partial charge in [0.05, 0.1) is 6.54 Å².